The highest BCUT2D eigenvalue weighted by molar-refractivity contribution is 9.11. The van der Waals surface area contributed by atoms with Crippen molar-refractivity contribution in [3.63, 3.8) is 0 Å². The second kappa shape index (κ2) is 14.7. The molecule has 3 aliphatic rings. The number of nitrogen functional groups attached to an aromatic ring is 1. The Morgan fingerprint density at radius 2 is 1.67 bits per heavy atom. The molecule has 49 heavy (non-hydrogen) atoms. The summed E-state index contributed by atoms with van der Waals surface area (Å²) in [6, 6.07) is 19.9. The number of carbonyl (C=O) groups is 2. The normalized spacial score (nSPS) is 18.6. The number of amides is 4. The van der Waals surface area contributed by atoms with Crippen molar-refractivity contribution in [2.24, 2.45) is 5.92 Å². The van der Waals surface area contributed by atoms with Gasteiger partial charge in [-0.2, -0.15) is 0 Å². The lowest BCUT2D eigenvalue weighted by Crippen LogP contribution is -2.52. The molecule has 4 aromatic rings. The van der Waals surface area contributed by atoms with E-state index < -0.39 is 0 Å². The van der Waals surface area contributed by atoms with Gasteiger partial charge in [0.1, 0.15) is 5.82 Å². The smallest absolute Gasteiger partial charge is 0.322 e. The van der Waals surface area contributed by atoms with E-state index in [0.717, 1.165) is 94.4 Å². The van der Waals surface area contributed by atoms with Crippen LogP contribution >= 0.6 is 31.9 Å². The molecule has 0 aliphatic carbocycles. The van der Waals surface area contributed by atoms with E-state index in [2.05, 4.69) is 83.3 Å². The number of fused-ring (bicyclic) bond motifs is 2. The molecule has 0 saturated carbocycles. The number of nitrogens with zero attached hydrogens (tertiary/aromatic N) is 5. The van der Waals surface area contributed by atoms with Gasteiger partial charge in [0, 0.05) is 53.3 Å². The lowest BCUT2D eigenvalue weighted by atomic mass is 9.96. The standard InChI is InChI=1S/C37H44Br2N8O2/c1-44-15-10-24(11-16-44)23-47-33-9-5-4-8-31(33)41-35(47)32(22-25-20-28(38)34(40)29(39)21-25)43-36(48)45-17-13-27(14-18-45)46-19-12-26-6-2-3-7-30(26)42-37(46)49/h2-9,20-21,24,27,32H,10-19,22-23,40H2,1H3,(H,42,49)(H,43,48)/t32-/m1/s1. The maximum atomic E-state index is 14.1. The molecule has 12 heteroatoms. The molecule has 1 atom stereocenters. The number of urea groups is 2. The minimum absolute atomic E-state index is 0.0581. The van der Waals surface area contributed by atoms with Crippen LogP contribution in [0.5, 0.6) is 0 Å². The summed E-state index contributed by atoms with van der Waals surface area (Å²) in [7, 11) is 2.19. The van der Waals surface area contributed by atoms with E-state index in [0.29, 0.717) is 37.7 Å². The van der Waals surface area contributed by atoms with Gasteiger partial charge < -0.3 is 35.6 Å². The molecule has 0 spiro atoms. The molecule has 2 saturated heterocycles. The molecule has 0 radical (unpaired) electrons. The number of carbonyl (C=O) groups excluding carboxylic acids is 2. The third-order valence-corrected chi connectivity index (χ3v) is 11.8. The second-order valence-corrected chi connectivity index (χ2v) is 15.5. The van der Waals surface area contributed by atoms with Crippen LogP contribution in [-0.4, -0.2) is 82.1 Å². The fraction of sp³-hybridized carbons (Fsp3) is 0.432. The van der Waals surface area contributed by atoms with Gasteiger partial charge in [-0.25, -0.2) is 14.6 Å². The molecule has 0 bridgehead atoms. The predicted molar refractivity (Wildman–Crippen MR) is 202 cm³/mol. The highest BCUT2D eigenvalue weighted by Gasteiger charge is 2.33. The monoisotopic (exact) mass is 790 g/mol. The summed E-state index contributed by atoms with van der Waals surface area (Å²) < 4.78 is 3.97. The predicted octanol–water partition coefficient (Wildman–Crippen LogP) is 7.03. The van der Waals surface area contributed by atoms with Crippen molar-refractivity contribution in [2.45, 2.75) is 57.2 Å². The van der Waals surface area contributed by atoms with E-state index in [1.54, 1.807) is 0 Å². The number of likely N-dealkylation sites (tertiary alicyclic amines) is 2. The highest BCUT2D eigenvalue weighted by atomic mass is 79.9. The topological polar surface area (TPSA) is 112 Å². The van der Waals surface area contributed by atoms with Crippen molar-refractivity contribution in [1.82, 2.24) is 29.6 Å². The number of hydrogen-bond donors (Lipinski definition) is 3. The van der Waals surface area contributed by atoms with Gasteiger partial charge in [0.2, 0.25) is 0 Å². The van der Waals surface area contributed by atoms with Crippen molar-refractivity contribution in [3.8, 4) is 0 Å². The van der Waals surface area contributed by atoms with E-state index >= 15 is 0 Å². The number of benzene rings is 3. The Bertz CT molecular complexity index is 1810. The zero-order valence-corrected chi connectivity index (χ0v) is 31.0. The summed E-state index contributed by atoms with van der Waals surface area (Å²) in [6.45, 7) is 4.85. The van der Waals surface area contributed by atoms with Gasteiger partial charge in [-0.15, -0.1) is 0 Å². The first-order valence-corrected chi connectivity index (χ1v) is 18.9. The lowest BCUT2D eigenvalue weighted by molar-refractivity contribution is 0.133. The fourth-order valence-corrected chi connectivity index (χ4v) is 8.89. The number of nitrogens with two attached hydrogens (primary N) is 1. The number of para-hydroxylation sites is 3. The van der Waals surface area contributed by atoms with E-state index in [1.807, 2.05) is 46.2 Å². The number of halogens is 2. The first kappa shape index (κ1) is 33.9. The van der Waals surface area contributed by atoms with Crippen LogP contribution in [0.4, 0.5) is 21.0 Å². The van der Waals surface area contributed by atoms with Crippen LogP contribution in [0.25, 0.3) is 11.0 Å². The summed E-state index contributed by atoms with van der Waals surface area (Å²) >= 11 is 7.24. The van der Waals surface area contributed by atoms with Crippen LogP contribution in [0.15, 0.2) is 69.6 Å². The SMILES string of the molecule is CN1CCC(Cn2c([C@@H](Cc3cc(Br)c(N)c(Br)c3)NC(=O)N3CCC(N4CCc5ccccc5NC4=O)CC3)nc3ccccc32)CC1. The number of hydrogen-bond acceptors (Lipinski definition) is 5. The number of anilines is 2. The molecule has 4 N–H and O–H groups in total. The molecule has 7 rings (SSSR count). The Hall–Kier alpha value is -3.61. The van der Waals surface area contributed by atoms with Gasteiger partial charge >= 0.3 is 12.1 Å². The van der Waals surface area contributed by atoms with Gasteiger partial charge in [0.15, 0.2) is 0 Å². The summed E-state index contributed by atoms with van der Waals surface area (Å²) in [6.07, 6.45) is 5.08. The van der Waals surface area contributed by atoms with Crippen LogP contribution in [0.2, 0.25) is 0 Å². The molecule has 0 unspecified atom stereocenters. The molecule has 1 aromatic heterocycles. The molecule has 3 aromatic carbocycles. The number of rotatable bonds is 7. The quantitative estimate of drug-likeness (QED) is 0.174. The third-order valence-electron chi connectivity index (χ3n) is 10.5. The van der Waals surface area contributed by atoms with Gasteiger partial charge in [-0.05, 0) is 131 Å². The maximum absolute atomic E-state index is 14.1. The summed E-state index contributed by atoms with van der Waals surface area (Å²) in [5.74, 6) is 1.40. The summed E-state index contributed by atoms with van der Waals surface area (Å²) in [5.41, 5.74) is 12.0. The molecule has 4 amide bonds. The van der Waals surface area contributed by atoms with Crippen molar-refractivity contribution in [2.75, 3.05) is 50.8 Å². The molecule has 10 nitrogen and oxygen atoms in total. The average Bonchev–Trinajstić information content (AvgIpc) is 3.37. The number of piperidine rings is 2. The largest absolute Gasteiger partial charge is 0.397 e. The van der Waals surface area contributed by atoms with Crippen LogP contribution in [0.3, 0.4) is 0 Å². The zero-order valence-electron chi connectivity index (χ0n) is 27.9. The van der Waals surface area contributed by atoms with Crippen LogP contribution < -0.4 is 16.4 Å². The Kier molecular flexibility index (Phi) is 10.2. The average molecular weight is 793 g/mol. The number of imidazole rings is 1. The van der Waals surface area contributed by atoms with Crippen LogP contribution in [0, 0.1) is 5.92 Å². The first-order chi connectivity index (χ1) is 23.7. The van der Waals surface area contributed by atoms with Crippen molar-refractivity contribution in [1.29, 1.82) is 0 Å². The van der Waals surface area contributed by atoms with E-state index in [-0.39, 0.29) is 24.1 Å². The van der Waals surface area contributed by atoms with Gasteiger partial charge in [0.25, 0.3) is 0 Å². The van der Waals surface area contributed by atoms with E-state index in [4.69, 9.17) is 10.7 Å². The molecular formula is C37H44Br2N8O2. The Morgan fingerprint density at radius 1 is 0.980 bits per heavy atom. The van der Waals surface area contributed by atoms with Crippen LogP contribution in [-0.2, 0) is 19.4 Å². The fourth-order valence-electron chi connectivity index (χ4n) is 7.61. The van der Waals surface area contributed by atoms with Crippen molar-refractivity contribution in [3.05, 3.63) is 86.6 Å². The Labute approximate surface area is 304 Å². The number of aromatic nitrogens is 2. The summed E-state index contributed by atoms with van der Waals surface area (Å²) in [4.78, 5) is 38.7. The third kappa shape index (κ3) is 7.46. The molecule has 258 valence electrons. The van der Waals surface area contributed by atoms with Crippen molar-refractivity contribution >= 4 is 66.3 Å². The zero-order chi connectivity index (χ0) is 34.1. The molecular weight excluding hydrogens is 748 g/mol. The Balaban J connectivity index is 1.11. The minimum atomic E-state index is -0.374. The van der Waals surface area contributed by atoms with Gasteiger partial charge in [0.05, 0.1) is 22.8 Å². The van der Waals surface area contributed by atoms with Crippen molar-refractivity contribution < 1.29 is 9.59 Å². The highest BCUT2D eigenvalue weighted by Crippen LogP contribution is 2.33. The summed E-state index contributed by atoms with van der Waals surface area (Å²) in [5, 5.41) is 6.51. The van der Waals surface area contributed by atoms with E-state index in [1.165, 1.54) is 0 Å². The molecule has 2 fully saturated rings. The van der Waals surface area contributed by atoms with Gasteiger partial charge in [-0.1, -0.05) is 30.3 Å². The van der Waals surface area contributed by atoms with E-state index in [9.17, 15) is 9.59 Å². The van der Waals surface area contributed by atoms with Gasteiger partial charge in [-0.3, -0.25) is 0 Å². The minimum Gasteiger partial charge on any atom is -0.397 e. The Morgan fingerprint density at radius 3 is 2.43 bits per heavy atom. The second-order valence-electron chi connectivity index (χ2n) is 13.7. The lowest BCUT2D eigenvalue weighted by Gasteiger charge is -2.38. The van der Waals surface area contributed by atoms with Crippen LogP contribution in [0.1, 0.15) is 48.7 Å². The number of nitrogens with one attached hydrogen (secondary N) is 2. The first-order valence-electron chi connectivity index (χ1n) is 17.3. The maximum Gasteiger partial charge on any atom is 0.322 e. The molecule has 4 heterocycles. The molecule has 3 aliphatic heterocycles.